The lowest BCUT2D eigenvalue weighted by atomic mass is 9.95. The highest BCUT2D eigenvalue weighted by molar-refractivity contribution is 5.85. The van der Waals surface area contributed by atoms with E-state index in [0.717, 1.165) is 69.4 Å². The minimum Gasteiger partial charge on any atom is -0.483 e. The maximum absolute atomic E-state index is 12.7. The number of amides is 1. The van der Waals surface area contributed by atoms with Crippen LogP contribution in [0.5, 0.6) is 5.75 Å². The van der Waals surface area contributed by atoms with Crippen molar-refractivity contribution in [2.24, 2.45) is 0 Å². The monoisotopic (exact) mass is 433 g/mol. The molecule has 0 radical (unpaired) electrons. The molecule has 1 saturated heterocycles. The number of rotatable bonds is 6. The number of piperidine rings is 1. The smallest absolute Gasteiger partial charge is 0.260 e. The molecule has 1 N–H and O–H groups in total. The molecule has 1 aromatic heterocycles. The number of nitrogens with one attached hydrogen (secondary N) is 1. The van der Waals surface area contributed by atoms with Gasteiger partial charge in [0, 0.05) is 32.1 Å². The van der Waals surface area contributed by atoms with Crippen LogP contribution in [0.25, 0.3) is 0 Å². The summed E-state index contributed by atoms with van der Waals surface area (Å²) in [5, 5.41) is 12.1. The molecule has 1 unspecified atom stereocenters. The third-order valence-electron chi connectivity index (χ3n) is 6.28. The van der Waals surface area contributed by atoms with Crippen LogP contribution in [0.4, 0.5) is 0 Å². The van der Waals surface area contributed by atoms with Crippen molar-refractivity contribution in [3.8, 4) is 5.75 Å². The number of hydrogen-bond donors (Lipinski definition) is 1. The van der Waals surface area contributed by atoms with Crippen LogP contribution < -0.4 is 10.1 Å². The summed E-state index contributed by atoms with van der Waals surface area (Å²) >= 11 is 0. The Hall–Kier alpha value is -2.12. The molecule has 2 aliphatic rings. The largest absolute Gasteiger partial charge is 0.483 e. The van der Waals surface area contributed by atoms with Crippen molar-refractivity contribution in [3.63, 3.8) is 0 Å². The summed E-state index contributed by atoms with van der Waals surface area (Å²) in [5.74, 6) is 3.81. The lowest BCUT2D eigenvalue weighted by molar-refractivity contribution is -0.134. The first-order valence-electron chi connectivity index (χ1n) is 10.8. The van der Waals surface area contributed by atoms with Gasteiger partial charge in [-0.1, -0.05) is 32.0 Å². The molecule has 3 heterocycles. The van der Waals surface area contributed by atoms with Gasteiger partial charge in [0.15, 0.2) is 6.61 Å². The second-order valence-electron chi connectivity index (χ2n) is 8.09. The number of fused-ring (bicyclic) bond motifs is 1. The van der Waals surface area contributed by atoms with Crippen molar-refractivity contribution in [1.82, 2.24) is 25.0 Å². The van der Waals surface area contributed by atoms with Gasteiger partial charge in [-0.25, -0.2) is 0 Å². The van der Waals surface area contributed by atoms with Gasteiger partial charge in [-0.05, 0) is 36.8 Å². The average molecular weight is 434 g/mol. The van der Waals surface area contributed by atoms with Gasteiger partial charge in [-0.15, -0.1) is 22.6 Å². The normalized spacial score (nSPS) is 17.7. The summed E-state index contributed by atoms with van der Waals surface area (Å²) in [6.45, 7) is 8.64. The summed E-state index contributed by atoms with van der Waals surface area (Å²) in [7, 11) is 0. The predicted octanol–water partition coefficient (Wildman–Crippen LogP) is 3.10. The number of nitrogens with zero attached hydrogens (tertiary/aromatic N) is 4. The number of halogens is 1. The molecular formula is C22H32ClN5O2. The molecule has 1 amide bonds. The summed E-state index contributed by atoms with van der Waals surface area (Å²) in [5.41, 5.74) is 1.17. The van der Waals surface area contributed by atoms with Crippen LogP contribution in [0.3, 0.4) is 0 Å². The van der Waals surface area contributed by atoms with Crippen LogP contribution in [0, 0.1) is 0 Å². The molecule has 8 heteroatoms. The maximum atomic E-state index is 12.7. The topological polar surface area (TPSA) is 72.3 Å². The van der Waals surface area contributed by atoms with Crippen LogP contribution in [0.2, 0.25) is 0 Å². The van der Waals surface area contributed by atoms with Gasteiger partial charge in [0.1, 0.15) is 17.4 Å². The molecule has 1 atom stereocenters. The van der Waals surface area contributed by atoms with E-state index in [0.29, 0.717) is 11.8 Å². The highest BCUT2D eigenvalue weighted by atomic mass is 35.5. The molecule has 164 valence electrons. The van der Waals surface area contributed by atoms with E-state index in [-0.39, 0.29) is 24.9 Å². The summed E-state index contributed by atoms with van der Waals surface area (Å²) in [6, 6.07) is 8.05. The van der Waals surface area contributed by atoms with E-state index in [1.54, 1.807) is 0 Å². The zero-order chi connectivity index (χ0) is 20.2. The van der Waals surface area contributed by atoms with Gasteiger partial charge in [0.05, 0.1) is 6.54 Å². The fraction of sp³-hybridized carbons (Fsp3) is 0.591. The van der Waals surface area contributed by atoms with E-state index in [2.05, 4.69) is 40.0 Å². The van der Waals surface area contributed by atoms with E-state index < -0.39 is 0 Å². The van der Waals surface area contributed by atoms with E-state index >= 15 is 0 Å². The SMILES string of the molecule is CCC(C)c1ccccc1OCC(=O)N1CCC(c2nnc3n2CCNC3)CC1.Cl. The van der Waals surface area contributed by atoms with Crippen molar-refractivity contribution in [1.29, 1.82) is 0 Å². The third kappa shape index (κ3) is 4.78. The first-order valence-corrected chi connectivity index (χ1v) is 10.8. The number of para-hydroxylation sites is 1. The molecular weight excluding hydrogens is 402 g/mol. The molecule has 7 nitrogen and oxygen atoms in total. The fourth-order valence-corrected chi connectivity index (χ4v) is 4.27. The van der Waals surface area contributed by atoms with Gasteiger partial charge in [0.2, 0.25) is 0 Å². The first-order chi connectivity index (χ1) is 14.2. The second kappa shape index (κ2) is 10.3. The van der Waals surface area contributed by atoms with Crippen molar-refractivity contribution in [2.45, 2.75) is 58.0 Å². The quantitative estimate of drug-likeness (QED) is 0.757. The van der Waals surface area contributed by atoms with Gasteiger partial charge >= 0.3 is 0 Å². The molecule has 30 heavy (non-hydrogen) atoms. The van der Waals surface area contributed by atoms with Gasteiger partial charge in [0.25, 0.3) is 5.91 Å². The predicted molar refractivity (Wildman–Crippen MR) is 118 cm³/mol. The van der Waals surface area contributed by atoms with E-state index in [1.165, 1.54) is 5.56 Å². The van der Waals surface area contributed by atoms with Gasteiger partial charge < -0.3 is 19.5 Å². The highest BCUT2D eigenvalue weighted by Crippen LogP contribution is 2.30. The van der Waals surface area contributed by atoms with Crippen LogP contribution in [-0.2, 0) is 17.9 Å². The zero-order valence-electron chi connectivity index (χ0n) is 17.8. The van der Waals surface area contributed by atoms with Crippen molar-refractivity contribution in [3.05, 3.63) is 41.5 Å². The number of aromatic nitrogens is 3. The fourth-order valence-electron chi connectivity index (χ4n) is 4.27. The summed E-state index contributed by atoms with van der Waals surface area (Å²) < 4.78 is 8.18. The van der Waals surface area contributed by atoms with Gasteiger partial charge in [-0.2, -0.15) is 0 Å². The Balaban J connectivity index is 0.00000256. The van der Waals surface area contributed by atoms with Crippen LogP contribution in [-0.4, -0.2) is 51.8 Å². The molecule has 2 aliphatic heterocycles. The third-order valence-corrected chi connectivity index (χ3v) is 6.28. The molecule has 0 spiro atoms. The minimum atomic E-state index is 0. The zero-order valence-corrected chi connectivity index (χ0v) is 18.7. The van der Waals surface area contributed by atoms with Crippen molar-refractivity contribution in [2.75, 3.05) is 26.2 Å². The molecule has 2 aromatic rings. The second-order valence-corrected chi connectivity index (χ2v) is 8.09. The number of ether oxygens (including phenoxy) is 1. The Morgan fingerprint density at radius 3 is 2.77 bits per heavy atom. The number of benzene rings is 1. The van der Waals surface area contributed by atoms with Crippen LogP contribution >= 0.6 is 12.4 Å². The molecule has 0 bridgehead atoms. The number of carbonyl (C=O) groups excluding carboxylic acids is 1. The minimum absolute atomic E-state index is 0. The first kappa shape index (κ1) is 22.6. The summed E-state index contributed by atoms with van der Waals surface area (Å²) in [6.07, 6.45) is 2.91. The Morgan fingerprint density at radius 1 is 1.23 bits per heavy atom. The van der Waals surface area contributed by atoms with Crippen molar-refractivity contribution < 1.29 is 9.53 Å². The number of likely N-dealkylation sites (tertiary alicyclic amines) is 1. The Kier molecular flexibility index (Phi) is 7.72. The van der Waals surface area contributed by atoms with E-state index in [4.69, 9.17) is 4.74 Å². The number of hydrogen-bond acceptors (Lipinski definition) is 5. The summed E-state index contributed by atoms with van der Waals surface area (Å²) in [4.78, 5) is 14.6. The lowest BCUT2D eigenvalue weighted by Gasteiger charge is -2.32. The van der Waals surface area contributed by atoms with Gasteiger partial charge in [-0.3, -0.25) is 4.79 Å². The number of carbonyl (C=O) groups is 1. The molecule has 1 fully saturated rings. The standard InChI is InChI=1S/C22H31N5O2.ClH/c1-3-16(2)18-6-4-5-7-19(18)29-15-21(28)26-11-8-17(9-12-26)22-25-24-20-14-23-10-13-27(20)22;/h4-7,16-17,23H,3,8-15H2,1-2H3;1H. The Labute approximate surface area is 184 Å². The highest BCUT2D eigenvalue weighted by Gasteiger charge is 2.29. The molecule has 0 aliphatic carbocycles. The Bertz CT molecular complexity index is 848. The Morgan fingerprint density at radius 2 is 2.00 bits per heavy atom. The maximum Gasteiger partial charge on any atom is 0.260 e. The molecule has 1 aromatic carbocycles. The van der Waals surface area contributed by atoms with Crippen molar-refractivity contribution >= 4 is 18.3 Å². The lowest BCUT2D eigenvalue weighted by Crippen LogP contribution is -2.41. The van der Waals surface area contributed by atoms with E-state index in [9.17, 15) is 4.79 Å². The average Bonchev–Trinajstić information content (AvgIpc) is 3.21. The molecule has 4 rings (SSSR count). The molecule has 0 saturated carbocycles. The van der Waals surface area contributed by atoms with Crippen LogP contribution in [0.1, 0.15) is 62.2 Å². The van der Waals surface area contributed by atoms with E-state index in [1.807, 2.05) is 23.1 Å². The van der Waals surface area contributed by atoms with Crippen LogP contribution in [0.15, 0.2) is 24.3 Å².